The Morgan fingerprint density at radius 1 is 1.20 bits per heavy atom. The van der Waals surface area contributed by atoms with E-state index < -0.39 is 0 Å². The summed E-state index contributed by atoms with van der Waals surface area (Å²) in [5.74, 6) is 0. The lowest BCUT2D eigenvalue weighted by Crippen LogP contribution is -2.45. The van der Waals surface area contributed by atoms with Gasteiger partial charge in [-0.15, -0.1) is 0 Å². The van der Waals surface area contributed by atoms with Crippen LogP contribution in [-0.4, -0.2) is 41.4 Å². The van der Waals surface area contributed by atoms with E-state index in [0.717, 1.165) is 44.6 Å². The van der Waals surface area contributed by atoms with E-state index in [1.165, 1.54) is 18.4 Å². The summed E-state index contributed by atoms with van der Waals surface area (Å²) < 4.78 is 0. The van der Waals surface area contributed by atoms with Crippen molar-refractivity contribution in [1.29, 1.82) is 0 Å². The van der Waals surface area contributed by atoms with Gasteiger partial charge in [-0.25, -0.2) is 0 Å². The second kappa shape index (κ2) is 5.83. The molecule has 1 saturated heterocycles. The quantitative estimate of drug-likeness (QED) is 0.658. The number of amides is 1. The van der Waals surface area contributed by atoms with E-state index in [1.54, 1.807) is 0 Å². The number of carbonyl (C=O) groups is 1. The number of nitrogens with two attached hydrogens (primary N) is 1. The molecule has 4 heteroatoms. The summed E-state index contributed by atoms with van der Waals surface area (Å²) in [6, 6.07) is 9.11. The predicted octanol–water partition coefficient (Wildman–Crippen LogP) is 1.85. The highest BCUT2D eigenvalue weighted by atomic mass is 16.1. The average Bonchev–Trinajstić information content (AvgIpc) is 3.26. The van der Waals surface area contributed by atoms with Gasteiger partial charge in [0.15, 0.2) is 0 Å². The average molecular weight is 273 g/mol. The van der Waals surface area contributed by atoms with Crippen LogP contribution in [0.5, 0.6) is 0 Å². The van der Waals surface area contributed by atoms with Gasteiger partial charge in [0.25, 0.3) is 0 Å². The molecule has 2 fully saturated rings. The molecule has 0 spiro atoms. The Morgan fingerprint density at radius 3 is 2.50 bits per heavy atom. The molecular weight excluding hydrogens is 250 g/mol. The smallest absolute Gasteiger partial charge is 0.210 e. The third-order valence-electron chi connectivity index (χ3n) is 4.43. The molecule has 2 N–H and O–H groups in total. The lowest BCUT2D eigenvalue weighted by molar-refractivity contribution is -0.121. The number of anilines is 1. The van der Waals surface area contributed by atoms with Crippen LogP contribution in [0.15, 0.2) is 24.3 Å². The molecular formula is C16H23N3O. The zero-order valence-corrected chi connectivity index (χ0v) is 11.9. The molecule has 4 nitrogen and oxygen atoms in total. The van der Waals surface area contributed by atoms with E-state index in [9.17, 15) is 4.79 Å². The van der Waals surface area contributed by atoms with Crippen molar-refractivity contribution < 1.29 is 4.79 Å². The van der Waals surface area contributed by atoms with Crippen molar-refractivity contribution in [3.63, 3.8) is 0 Å². The summed E-state index contributed by atoms with van der Waals surface area (Å²) in [5.41, 5.74) is 7.93. The lowest BCUT2D eigenvalue weighted by atomic mass is 10.0. The van der Waals surface area contributed by atoms with Crippen LogP contribution in [-0.2, 0) is 11.3 Å². The molecule has 0 aromatic heterocycles. The maximum Gasteiger partial charge on any atom is 0.210 e. The number of carbonyl (C=O) groups excluding carboxylic acids is 1. The van der Waals surface area contributed by atoms with Crippen LogP contribution in [0.3, 0.4) is 0 Å². The standard InChI is InChI=1S/C16H23N3O/c17-14-3-1-2-13(10-14)11-18-8-6-16(7-9-18)19(12-20)15-4-5-15/h1-3,10,12,15-16H,4-9,11,17H2. The van der Waals surface area contributed by atoms with E-state index in [0.29, 0.717) is 12.1 Å². The Labute approximate surface area is 120 Å². The van der Waals surface area contributed by atoms with Gasteiger partial charge in [-0.2, -0.15) is 0 Å². The summed E-state index contributed by atoms with van der Waals surface area (Å²) in [5, 5.41) is 0. The molecule has 0 bridgehead atoms. The van der Waals surface area contributed by atoms with Crippen molar-refractivity contribution in [3.8, 4) is 0 Å². The number of nitrogens with zero attached hydrogens (tertiary/aromatic N) is 2. The molecule has 0 radical (unpaired) electrons. The molecule has 0 atom stereocenters. The summed E-state index contributed by atoms with van der Waals surface area (Å²) in [6.45, 7) is 3.09. The van der Waals surface area contributed by atoms with Crippen LogP contribution in [0.2, 0.25) is 0 Å². The summed E-state index contributed by atoms with van der Waals surface area (Å²) >= 11 is 0. The molecule has 1 aromatic carbocycles. The van der Waals surface area contributed by atoms with Crippen LogP contribution >= 0.6 is 0 Å². The minimum Gasteiger partial charge on any atom is -0.399 e. The highest BCUT2D eigenvalue weighted by molar-refractivity contribution is 5.49. The van der Waals surface area contributed by atoms with Gasteiger partial charge in [0.1, 0.15) is 0 Å². The first-order valence-corrected chi connectivity index (χ1v) is 7.56. The number of hydrogen-bond acceptors (Lipinski definition) is 3. The summed E-state index contributed by atoms with van der Waals surface area (Å²) in [4.78, 5) is 15.7. The third kappa shape index (κ3) is 3.12. The molecule has 0 unspecified atom stereocenters. The Morgan fingerprint density at radius 2 is 1.90 bits per heavy atom. The minimum atomic E-state index is 0.456. The highest BCUT2D eigenvalue weighted by Crippen LogP contribution is 2.30. The van der Waals surface area contributed by atoms with Gasteiger partial charge in [-0.05, 0) is 43.4 Å². The van der Waals surface area contributed by atoms with Crippen LogP contribution < -0.4 is 5.73 Å². The first-order valence-electron chi connectivity index (χ1n) is 7.56. The van der Waals surface area contributed by atoms with E-state index in [-0.39, 0.29) is 0 Å². The number of benzene rings is 1. The van der Waals surface area contributed by atoms with Crippen LogP contribution in [0.25, 0.3) is 0 Å². The molecule has 1 aromatic rings. The molecule has 1 aliphatic heterocycles. The Balaban J connectivity index is 1.52. The Kier molecular flexibility index (Phi) is 3.92. The molecule has 3 rings (SSSR count). The number of piperidine rings is 1. The molecule has 1 heterocycles. The third-order valence-corrected chi connectivity index (χ3v) is 4.43. The molecule has 1 aliphatic carbocycles. The van der Waals surface area contributed by atoms with Gasteiger partial charge in [0.2, 0.25) is 6.41 Å². The number of hydrogen-bond donors (Lipinski definition) is 1. The zero-order valence-electron chi connectivity index (χ0n) is 11.9. The number of nitrogen functional groups attached to an aromatic ring is 1. The van der Waals surface area contributed by atoms with Gasteiger partial charge in [0, 0.05) is 37.4 Å². The maximum atomic E-state index is 11.2. The normalized spacial score (nSPS) is 20.8. The molecule has 1 saturated carbocycles. The fourth-order valence-corrected chi connectivity index (χ4v) is 3.17. The topological polar surface area (TPSA) is 49.6 Å². The van der Waals surface area contributed by atoms with E-state index in [1.807, 2.05) is 18.2 Å². The van der Waals surface area contributed by atoms with E-state index in [4.69, 9.17) is 5.73 Å². The van der Waals surface area contributed by atoms with Crippen LogP contribution in [0, 0.1) is 0 Å². The molecule has 1 amide bonds. The van der Waals surface area contributed by atoms with Crippen LogP contribution in [0.1, 0.15) is 31.2 Å². The molecule has 2 aliphatic rings. The van der Waals surface area contributed by atoms with Crippen molar-refractivity contribution >= 4 is 12.1 Å². The van der Waals surface area contributed by atoms with Crippen molar-refractivity contribution in [1.82, 2.24) is 9.80 Å². The second-order valence-corrected chi connectivity index (χ2v) is 6.04. The second-order valence-electron chi connectivity index (χ2n) is 6.04. The minimum absolute atomic E-state index is 0.456. The molecule has 108 valence electrons. The van der Waals surface area contributed by atoms with Crippen molar-refractivity contribution in [2.24, 2.45) is 0 Å². The van der Waals surface area contributed by atoms with Gasteiger partial charge < -0.3 is 10.6 Å². The summed E-state index contributed by atoms with van der Waals surface area (Å²) in [7, 11) is 0. The zero-order chi connectivity index (χ0) is 13.9. The first kappa shape index (κ1) is 13.4. The SMILES string of the molecule is Nc1cccc(CN2CCC(N(C=O)C3CC3)CC2)c1. The van der Waals surface area contributed by atoms with Crippen molar-refractivity contribution in [2.45, 2.75) is 44.3 Å². The van der Waals surface area contributed by atoms with Crippen molar-refractivity contribution in [2.75, 3.05) is 18.8 Å². The van der Waals surface area contributed by atoms with E-state index in [2.05, 4.69) is 15.9 Å². The predicted molar refractivity (Wildman–Crippen MR) is 80.1 cm³/mol. The first-order chi connectivity index (χ1) is 9.76. The fourth-order valence-electron chi connectivity index (χ4n) is 3.17. The maximum absolute atomic E-state index is 11.2. The largest absolute Gasteiger partial charge is 0.399 e. The highest BCUT2D eigenvalue weighted by Gasteiger charge is 2.34. The van der Waals surface area contributed by atoms with Crippen LogP contribution in [0.4, 0.5) is 5.69 Å². The number of rotatable bonds is 5. The van der Waals surface area contributed by atoms with Crippen molar-refractivity contribution in [3.05, 3.63) is 29.8 Å². The Bertz CT molecular complexity index is 465. The number of likely N-dealkylation sites (tertiary alicyclic amines) is 1. The lowest BCUT2D eigenvalue weighted by Gasteiger charge is -2.37. The molecule has 20 heavy (non-hydrogen) atoms. The van der Waals surface area contributed by atoms with Gasteiger partial charge >= 0.3 is 0 Å². The van der Waals surface area contributed by atoms with Gasteiger partial charge in [-0.3, -0.25) is 9.69 Å². The fraction of sp³-hybridized carbons (Fsp3) is 0.562. The summed E-state index contributed by atoms with van der Waals surface area (Å²) in [6.07, 6.45) is 5.65. The monoisotopic (exact) mass is 273 g/mol. The van der Waals surface area contributed by atoms with Gasteiger partial charge in [0.05, 0.1) is 0 Å². The van der Waals surface area contributed by atoms with Gasteiger partial charge in [-0.1, -0.05) is 12.1 Å². The van der Waals surface area contributed by atoms with E-state index >= 15 is 0 Å². The Hall–Kier alpha value is -1.55.